The molecule has 2 saturated carbocycles. The number of allylic oxidation sites excluding steroid dienone is 2. The molecule has 0 heteroatoms. The summed E-state index contributed by atoms with van der Waals surface area (Å²) >= 11 is 0. The van der Waals surface area contributed by atoms with Crippen LogP contribution in [0.5, 0.6) is 0 Å². The molecule has 0 aliphatic heterocycles. The standard InChI is InChI=1S/C21H36.CH4/c1-14-8-9-18-16(3)20(6)11-10-15(2)13-21(20,7)17(4)19(18,5)12-14;/h9,14-17H,8,10-13H2,1-7H3;1H4. The van der Waals surface area contributed by atoms with Crippen molar-refractivity contribution in [3.63, 3.8) is 0 Å². The summed E-state index contributed by atoms with van der Waals surface area (Å²) in [6, 6.07) is 0. The summed E-state index contributed by atoms with van der Waals surface area (Å²) in [5.74, 6) is 3.35. The second-order valence-electron chi connectivity index (χ2n) is 9.75. The van der Waals surface area contributed by atoms with E-state index < -0.39 is 0 Å². The van der Waals surface area contributed by atoms with Crippen molar-refractivity contribution in [1.29, 1.82) is 0 Å². The zero-order valence-electron chi connectivity index (χ0n) is 15.4. The van der Waals surface area contributed by atoms with E-state index in [4.69, 9.17) is 0 Å². The van der Waals surface area contributed by atoms with Crippen LogP contribution in [0.4, 0.5) is 0 Å². The predicted octanol–water partition coefficient (Wildman–Crippen LogP) is 7.10. The monoisotopic (exact) mass is 304 g/mol. The number of hydrogen-bond donors (Lipinski definition) is 0. The minimum absolute atomic E-state index is 0. The van der Waals surface area contributed by atoms with Gasteiger partial charge in [0.05, 0.1) is 0 Å². The normalized spacial score (nSPS) is 54.6. The minimum Gasteiger partial charge on any atom is -0.0842 e. The van der Waals surface area contributed by atoms with E-state index in [1.165, 1.54) is 32.1 Å². The highest BCUT2D eigenvalue weighted by Crippen LogP contribution is 2.71. The number of hydrogen-bond acceptors (Lipinski definition) is 0. The molecule has 0 heterocycles. The summed E-state index contributed by atoms with van der Waals surface area (Å²) in [5, 5.41) is 0. The highest BCUT2D eigenvalue weighted by molar-refractivity contribution is 5.30. The van der Waals surface area contributed by atoms with Gasteiger partial charge < -0.3 is 0 Å². The topological polar surface area (TPSA) is 0 Å². The van der Waals surface area contributed by atoms with E-state index in [-0.39, 0.29) is 7.43 Å². The fourth-order valence-corrected chi connectivity index (χ4v) is 6.90. The van der Waals surface area contributed by atoms with Crippen molar-refractivity contribution in [1.82, 2.24) is 0 Å². The molecule has 0 radical (unpaired) electrons. The van der Waals surface area contributed by atoms with Crippen LogP contribution in [0, 0.1) is 39.9 Å². The van der Waals surface area contributed by atoms with Gasteiger partial charge in [-0.05, 0) is 65.6 Å². The molecule has 22 heavy (non-hydrogen) atoms. The minimum atomic E-state index is 0. The van der Waals surface area contributed by atoms with Gasteiger partial charge in [-0.1, -0.05) is 74.0 Å². The van der Waals surface area contributed by atoms with Gasteiger partial charge in [0.1, 0.15) is 0 Å². The number of rotatable bonds is 0. The third-order valence-corrected chi connectivity index (χ3v) is 8.74. The molecule has 3 aliphatic carbocycles. The van der Waals surface area contributed by atoms with E-state index in [1.54, 1.807) is 0 Å². The van der Waals surface area contributed by atoms with E-state index in [2.05, 4.69) is 54.5 Å². The lowest BCUT2D eigenvalue weighted by Gasteiger charge is -2.68. The maximum atomic E-state index is 2.65. The molecule has 0 aromatic heterocycles. The molecule has 0 aromatic carbocycles. The van der Waals surface area contributed by atoms with Gasteiger partial charge in [0, 0.05) is 0 Å². The highest BCUT2D eigenvalue weighted by atomic mass is 14.7. The van der Waals surface area contributed by atoms with Gasteiger partial charge in [0.15, 0.2) is 0 Å². The zero-order valence-corrected chi connectivity index (χ0v) is 15.4. The first kappa shape index (κ1) is 18.1. The lowest BCUT2D eigenvalue weighted by Crippen LogP contribution is -2.60. The Morgan fingerprint density at radius 2 is 1.55 bits per heavy atom. The van der Waals surface area contributed by atoms with Gasteiger partial charge >= 0.3 is 0 Å². The Balaban J connectivity index is 0.00000176. The van der Waals surface area contributed by atoms with Gasteiger partial charge in [-0.3, -0.25) is 0 Å². The van der Waals surface area contributed by atoms with Gasteiger partial charge in [-0.2, -0.15) is 0 Å². The fraction of sp³-hybridized carbons (Fsp3) is 0.909. The molecule has 0 N–H and O–H groups in total. The Bertz CT molecular complexity index is 461. The van der Waals surface area contributed by atoms with Crippen LogP contribution < -0.4 is 0 Å². The molecule has 128 valence electrons. The van der Waals surface area contributed by atoms with Crippen LogP contribution in [0.2, 0.25) is 0 Å². The summed E-state index contributed by atoms with van der Waals surface area (Å²) < 4.78 is 0. The molecule has 0 nitrogen and oxygen atoms in total. The van der Waals surface area contributed by atoms with Crippen molar-refractivity contribution < 1.29 is 0 Å². The lowest BCUT2D eigenvalue weighted by atomic mass is 9.36. The van der Waals surface area contributed by atoms with Crippen LogP contribution in [-0.2, 0) is 0 Å². The van der Waals surface area contributed by atoms with Crippen LogP contribution in [0.1, 0.15) is 88.0 Å². The summed E-state index contributed by atoms with van der Waals surface area (Å²) in [6.07, 6.45) is 9.67. The van der Waals surface area contributed by atoms with Crippen LogP contribution in [0.15, 0.2) is 11.6 Å². The third-order valence-electron chi connectivity index (χ3n) is 8.74. The molecule has 0 saturated heterocycles. The van der Waals surface area contributed by atoms with Crippen LogP contribution in [0.3, 0.4) is 0 Å². The Hall–Kier alpha value is -0.260. The van der Waals surface area contributed by atoms with Crippen LogP contribution in [-0.4, -0.2) is 0 Å². The molecule has 0 aromatic rings. The van der Waals surface area contributed by atoms with Crippen LogP contribution in [0.25, 0.3) is 0 Å². The van der Waals surface area contributed by atoms with Crippen molar-refractivity contribution in [3.05, 3.63) is 11.6 Å². The summed E-state index contributed by atoms with van der Waals surface area (Å²) in [7, 11) is 0. The maximum absolute atomic E-state index is 2.65. The van der Waals surface area contributed by atoms with Gasteiger partial charge in [-0.15, -0.1) is 0 Å². The first-order valence-corrected chi connectivity index (χ1v) is 9.35. The Morgan fingerprint density at radius 3 is 2.18 bits per heavy atom. The molecule has 0 bridgehead atoms. The molecule has 0 amide bonds. The predicted molar refractivity (Wildman–Crippen MR) is 98.9 cm³/mol. The Labute approximate surface area is 140 Å². The van der Waals surface area contributed by atoms with E-state index >= 15 is 0 Å². The van der Waals surface area contributed by atoms with Crippen molar-refractivity contribution in [2.24, 2.45) is 39.9 Å². The SMILES string of the molecule is C.CC1CC=C2C(C)C3(C)CCC(C)CC3(C)C(C)C2(C)C1. The summed E-state index contributed by atoms with van der Waals surface area (Å²) in [5.41, 5.74) is 3.28. The number of fused-ring (bicyclic) bond motifs is 2. The average Bonchev–Trinajstić information content (AvgIpc) is 2.40. The second-order valence-corrected chi connectivity index (χ2v) is 9.75. The highest BCUT2D eigenvalue weighted by Gasteiger charge is 2.63. The van der Waals surface area contributed by atoms with Gasteiger partial charge in [-0.25, -0.2) is 0 Å². The fourth-order valence-electron chi connectivity index (χ4n) is 6.90. The van der Waals surface area contributed by atoms with Gasteiger partial charge in [0.2, 0.25) is 0 Å². The molecule has 7 unspecified atom stereocenters. The van der Waals surface area contributed by atoms with E-state index in [1.807, 2.05) is 5.57 Å². The van der Waals surface area contributed by atoms with Crippen molar-refractivity contribution in [3.8, 4) is 0 Å². The van der Waals surface area contributed by atoms with Crippen molar-refractivity contribution in [2.45, 2.75) is 88.0 Å². The van der Waals surface area contributed by atoms with E-state index in [0.29, 0.717) is 16.2 Å². The van der Waals surface area contributed by atoms with Crippen molar-refractivity contribution >= 4 is 0 Å². The largest absolute Gasteiger partial charge is 0.0842 e. The molecule has 0 spiro atoms. The molecule has 3 aliphatic rings. The molecule has 3 rings (SSSR count). The van der Waals surface area contributed by atoms with Crippen molar-refractivity contribution in [2.75, 3.05) is 0 Å². The zero-order chi connectivity index (χ0) is 15.6. The first-order chi connectivity index (χ1) is 9.65. The molecular weight excluding hydrogens is 264 g/mol. The maximum Gasteiger partial charge on any atom is -0.00799 e. The summed E-state index contributed by atoms with van der Waals surface area (Å²) in [4.78, 5) is 0. The molecule has 2 fully saturated rings. The first-order valence-electron chi connectivity index (χ1n) is 9.35. The Kier molecular flexibility index (Phi) is 4.43. The lowest BCUT2D eigenvalue weighted by molar-refractivity contribution is -0.146. The second kappa shape index (κ2) is 5.38. The quantitative estimate of drug-likeness (QED) is 0.418. The molecule has 7 atom stereocenters. The van der Waals surface area contributed by atoms with Gasteiger partial charge in [0.25, 0.3) is 0 Å². The van der Waals surface area contributed by atoms with E-state index in [9.17, 15) is 0 Å². The van der Waals surface area contributed by atoms with E-state index in [0.717, 1.165) is 23.7 Å². The smallest absolute Gasteiger partial charge is 0.00799 e. The molecular formula is C22H40. The summed E-state index contributed by atoms with van der Waals surface area (Å²) in [6.45, 7) is 18.0. The van der Waals surface area contributed by atoms with Crippen LogP contribution >= 0.6 is 0 Å². The Morgan fingerprint density at radius 1 is 0.909 bits per heavy atom. The third kappa shape index (κ3) is 2.08. The average molecular weight is 305 g/mol.